The average Bonchev–Trinajstić information content (AvgIpc) is 3.19. The lowest BCUT2D eigenvalue weighted by Gasteiger charge is -2.42. The van der Waals surface area contributed by atoms with Gasteiger partial charge in [0.05, 0.1) is 35.8 Å². The Morgan fingerprint density at radius 1 is 1.06 bits per heavy atom. The van der Waals surface area contributed by atoms with Gasteiger partial charge < -0.3 is 19.6 Å². The van der Waals surface area contributed by atoms with Crippen LogP contribution in [0, 0.1) is 17.8 Å². The number of carbonyl (C=O) groups excluding carboxylic acids is 3. The summed E-state index contributed by atoms with van der Waals surface area (Å²) in [7, 11) is 0. The number of hydrogen-bond acceptors (Lipinski definition) is 6. The molecule has 1 aliphatic carbocycles. The van der Waals surface area contributed by atoms with Gasteiger partial charge in [0.1, 0.15) is 6.04 Å². The number of rotatable bonds is 4. The molecule has 2 amide bonds. The van der Waals surface area contributed by atoms with Crippen LogP contribution in [0.25, 0.3) is 0 Å². The molecule has 198 valence electrons. The van der Waals surface area contributed by atoms with E-state index >= 15 is 0 Å². The van der Waals surface area contributed by atoms with E-state index in [0.29, 0.717) is 13.2 Å². The average molecular weight is 517 g/mol. The van der Waals surface area contributed by atoms with Gasteiger partial charge in [0.25, 0.3) is 0 Å². The van der Waals surface area contributed by atoms with Crippen molar-refractivity contribution in [2.24, 2.45) is 17.8 Å². The number of carbonyl (C=O) groups is 3. The van der Waals surface area contributed by atoms with Crippen LogP contribution in [-0.2, 0) is 19.1 Å². The topological polar surface area (TPSA) is 87.2 Å². The molecule has 0 radical (unpaired) electrons. The largest absolute Gasteiger partial charge is 0.465 e. The minimum absolute atomic E-state index is 0.0400. The summed E-state index contributed by atoms with van der Waals surface area (Å²) < 4.78 is 4.14. The molecule has 5 rings (SSSR count). The van der Waals surface area contributed by atoms with Crippen LogP contribution in [0.1, 0.15) is 65.7 Å². The molecule has 5 aliphatic rings. The standard InChI is InChI=1S/C28H40N2O5S/c1-18(2)20(17-31)30-23-25(33)29(19-11-6-4-7-12-19)15-10-14-28(23)21(24(30)32)22-26(34)35-16-9-5-8-13-27(22,3)36-28/h8,10,13-14,18-23,31H,4-7,9,11-12,15-17H2,1-3H3/b13-8-/t20-,21-,22-,23?,27+,28-/m0/s1. The number of allylic oxidation sites excluding steroid dienone is 1. The van der Waals surface area contributed by atoms with Crippen LogP contribution < -0.4 is 0 Å². The van der Waals surface area contributed by atoms with Crippen molar-refractivity contribution in [3.63, 3.8) is 0 Å². The van der Waals surface area contributed by atoms with Gasteiger partial charge in [-0.05, 0) is 38.5 Å². The number of fused-ring (bicyclic) bond motifs is 2. The normalized spacial score (nSPS) is 39.0. The molecule has 8 heteroatoms. The molecule has 4 aliphatic heterocycles. The zero-order chi connectivity index (χ0) is 25.7. The van der Waals surface area contributed by atoms with E-state index in [2.05, 4.69) is 24.3 Å². The van der Waals surface area contributed by atoms with Crippen LogP contribution in [0.5, 0.6) is 0 Å². The minimum Gasteiger partial charge on any atom is -0.465 e. The third kappa shape index (κ3) is 3.94. The zero-order valence-electron chi connectivity index (χ0n) is 21.7. The van der Waals surface area contributed by atoms with Crippen molar-refractivity contribution < 1.29 is 24.2 Å². The number of nitrogens with zero attached hydrogens (tertiary/aromatic N) is 2. The molecular weight excluding hydrogens is 476 g/mol. The van der Waals surface area contributed by atoms with Crippen molar-refractivity contribution in [3.05, 3.63) is 24.3 Å². The van der Waals surface area contributed by atoms with Crippen LogP contribution in [0.2, 0.25) is 0 Å². The number of esters is 1. The van der Waals surface area contributed by atoms with Crippen molar-refractivity contribution in [3.8, 4) is 0 Å². The molecular formula is C28H40N2O5S. The Hall–Kier alpha value is -1.80. The summed E-state index contributed by atoms with van der Waals surface area (Å²) in [5.41, 5.74) is 0. The van der Waals surface area contributed by atoms with Gasteiger partial charge in [0.15, 0.2) is 0 Å². The van der Waals surface area contributed by atoms with Gasteiger partial charge in [0.2, 0.25) is 11.8 Å². The Kier molecular flexibility index (Phi) is 7.05. The van der Waals surface area contributed by atoms with Crippen molar-refractivity contribution >= 4 is 29.5 Å². The van der Waals surface area contributed by atoms with Crippen LogP contribution in [0.4, 0.5) is 0 Å². The molecule has 0 bridgehead atoms. The summed E-state index contributed by atoms with van der Waals surface area (Å²) >= 11 is 1.58. The second-order valence-electron chi connectivity index (χ2n) is 11.6. The highest BCUT2D eigenvalue weighted by Gasteiger charge is 2.74. The molecule has 0 aromatic rings. The lowest BCUT2D eigenvalue weighted by molar-refractivity contribution is -0.155. The van der Waals surface area contributed by atoms with Crippen molar-refractivity contribution in [1.29, 1.82) is 0 Å². The predicted molar refractivity (Wildman–Crippen MR) is 139 cm³/mol. The van der Waals surface area contributed by atoms with Crippen LogP contribution in [-0.4, -0.2) is 80.1 Å². The summed E-state index contributed by atoms with van der Waals surface area (Å²) in [6.07, 6.45) is 15.2. The van der Waals surface area contributed by atoms with E-state index in [-0.39, 0.29) is 36.4 Å². The fourth-order valence-electron chi connectivity index (χ4n) is 7.29. The molecule has 2 saturated heterocycles. The fraction of sp³-hybridized carbons (Fsp3) is 0.750. The highest BCUT2D eigenvalue weighted by atomic mass is 32.2. The third-order valence-electron chi connectivity index (χ3n) is 9.05. The van der Waals surface area contributed by atoms with E-state index in [1.54, 1.807) is 16.7 Å². The van der Waals surface area contributed by atoms with E-state index < -0.39 is 33.4 Å². The van der Waals surface area contributed by atoms with Crippen molar-refractivity contribution in [2.45, 2.75) is 93.3 Å². The molecule has 0 aromatic heterocycles. The Labute approximate surface area is 218 Å². The van der Waals surface area contributed by atoms with Crippen molar-refractivity contribution in [2.75, 3.05) is 19.8 Å². The van der Waals surface area contributed by atoms with Gasteiger partial charge >= 0.3 is 5.97 Å². The number of ether oxygens (including phenoxy) is 1. The van der Waals surface area contributed by atoms with Crippen LogP contribution in [0.3, 0.4) is 0 Å². The first-order valence-electron chi connectivity index (χ1n) is 13.7. The Morgan fingerprint density at radius 3 is 2.50 bits per heavy atom. The lowest BCUT2D eigenvalue weighted by Crippen LogP contribution is -2.59. The smallest absolute Gasteiger partial charge is 0.311 e. The Balaban J connectivity index is 1.65. The monoisotopic (exact) mass is 516 g/mol. The molecule has 6 atom stereocenters. The molecule has 1 saturated carbocycles. The van der Waals surface area contributed by atoms with E-state index in [1.807, 2.05) is 25.7 Å². The van der Waals surface area contributed by atoms with Gasteiger partial charge in [-0.1, -0.05) is 57.4 Å². The van der Waals surface area contributed by atoms with E-state index in [1.165, 1.54) is 6.42 Å². The predicted octanol–water partition coefficient (Wildman–Crippen LogP) is 3.32. The molecule has 1 spiro atoms. The van der Waals surface area contributed by atoms with Gasteiger partial charge in [-0.25, -0.2) is 0 Å². The summed E-state index contributed by atoms with van der Waals surface area (Å²) in [4.78, 5) is 46.1. The molecule has 7 nitrogen and oxygen atoms in total. The number of amides is 2. The van der Waals surface area contributed by atoms with Crippen LogP contribution >= 0.6 is 11.8 Å². The number of cyclic esters (lactones) is 1. The second kappa shape index (κ2) is 9.82. The zero-order valence-corrected chi connectivity index (χ0v) is 22.5. The SMILES string of the molecule is CC(C)[C@H](CO)N1C(=O)[C@@H]2[C@H]3C(=O)OCCC/C=C\[C@@]3(C)S[C@@]23C=CCN(C2CCCCC2)C(=O)C13. The maximum atomic E-state index is 14.5. The van der Waals surface area contributed by atoms with Gasteiger partial charge in [0, 0.05) is 17.3 Å². The van der Waals surface area contributed by atoms with Crippen LogP contribution in [0.15, 0.2) is 24.3 Å². The summed E-state index contributed by atoms with van der Waals surface area (Å²) in [5.74, 6) is -2.05. The number of aliphatic hydroxyl groups excluding tert-OH is 1. The summed E-state index contributed by atoms with van der Waals surface area (Å²) in [6.45, 7) is 6.58. The first kappa shape index (κ1) is 25.8. The van der Waals surface area contributed by atoms with E-state index in [0.717, 1.165) is 38.5 Å². The van der Waals surface area contributed by atoms with Crippen molar-refractivity contribution in [1.82, 2.24) is 9.80 Å². The van der Waals surface area contributed by atoms with Gasteiger partial charge in [-0.15, -0.1) is 11.8 Å². The molecule has 3 fully saturated rings. The maximum Gasteiger partial charge on any atom is 0.311 e. The quantitative estimate of drug-likeness (QED) is 0.456. The molecule has 1 N–H and O–H groups in total. The highest BCUT2D eigenvalue weighted by Crippen LogP contribution is 2.65. The lowest BCUT2D eigenvalue weighted by atomic mass is 9.74. The Bertz CT molecular complexity index is 960. The van der Waals surface area contributed by atoms with E-state index in [9.17, 15) is 19.5 Å². The number of aliphatic hydroxyl groups is 1. The summed E-state index contributed by atoms with van der Waals surface area (Å²) in [6, 6.07) is -1.09. The number of hydrogen-bond donors (Lipinski definition) is 1. The Morgan fingerprint density at radius 2 is 1.81 bits per heavy atom. The minimum atomic E-state index is -0.887. The maximum absolute atomic E-state index is 14.5. The van der Waals surface area contributed by atoms with E-state index in [4.69, 9.17) is 4.74 Å². The van der Waals surface area contributed by atoms with Gasteiger partial charge in [-0.3, -0.25) is 14.4 Å². The molecule has 4 heterocycles. The first-order valence-corrected chi connectivity index (χ1v) is 14.5. The summed E-state index contributed by atoms with van der Waals surface area (Å²) in [5, 5.41) is 10.4. The highest BCUT2D eigenvalue weighted by molar-refractivity contribution is 8.02. The number of likely N-dealkylation sites (tertiary alicyclic amines) is 1. The first-order chi connectivity index (χ1) is 17.2. The molecule has 0 aromatic carbocycles. The molecule has 1 unspecified atom stereocenters. The third-order valence-corrected chi connectivity index (χ3v) is 10.8. The molecule has 36 heavy (non-hydrogen) atoms. The fourth-order valence-corrected chi connectivity index (χ4v) is 9.43. The second-order valence-corrected chi connectivity index (χ2v) is 13.4. The number of thioether (sulfide) groups is 1. The van der Waals surface area contributed by atoms with Gasteiger partial charge in [-0.2, -0.15) is 0 Å².